The molecule has 22 heavy (non-hydrogen) atoms. The smallest absolute Gasteiger partial charge is 0.304 e. The van der Waals surface area contributed by atoms with Gasteiger partial charge in [-0.05, 0) is 13.8 Å². The summed E-state index contributed by atoms with van der Waals surface area (Å²) in [7, 11) is 0. The predicted octanol–water partition coefficient (Wildman–Crippen LogP) is 0.423. The van der Waals surface area contributed by atoms with Gasteiger partial charge in [-0.1, -0.05) is 0 Å². The van der Waals surface area contributed by atoms with Crippen LogP contribution in [0.15, 0.2) is 0 Å². The van der Waals surface area contributed by atoms with Gasteiger partial charge in [0, 0.05) is 38.8 Å². The Hall–Kier alpha value is -1.67. The van der Waals surface area contributed by atoms with Crippen molar-refractivity contribution in [3.8, 4) is 0 Å². The Kier molecular flexibility index (Phi) is 10.1. The van der Waals surface area contributed by atoms with Crippen LogP contribution in [0.2, 0.25) is 0 Å². The molecule has 128 valence electrons. The number of carboxylic acid groups (broad SMARTS) is 3. The molecule has 8 heteroatoms. The maximum Gasteiger partial charge on any atom is 0.304 e. The Labute approximate surface area is 130 Å². The van der Waals surface area contributed by atoms with Gasteiger partial charge in [-0.2, -0.15) is 0 Å². The number of carbonyl (C=O) groups is 3. The van der Waals surface area contributed by atoms with Crippen molar-refractivity contribution in [3.63, 3.8) is 0 Å². The van der Waals surface area contributed by atoms with E-state index in [0.717, 1.165) is 0 Å². The van der Waals surface area contributed by atoms with Gasteiger partial charge in [-0.3, -0.25) is 19.3 Å². The monoisotopic (exact) mass is 318 g/mol. The molecule has 0 aliphatic heterocycles. The van der Waals surface area contributed by atoms with Crippen LogP contribution in [0.3, 0.4) is 0 Å². The average Bonchev–Trinajstić information content (AvgIpc) is 2.39. The first kappa shape index (κ1) is 20.3. The van der Waals surface area contributed by atoms with E-state index < -0.39 is 17.9 Å². The molecule has 8 nitrogen and oxygen atoms in total. The zero-order valence-electron chi connectivity index (χ0n) is 13.2. The topological polar surface area (TPSA) is 118 Å². The molecule has 0 aliphatic carbocycles. The van der Waals surface area contributed by atoms with Gasteiger partial charge in [0.15, 0.2) is 0 Å². The molecule has 0 unspecified atom stereocenters. The Morgan fingerprint density at radius 1 is 0.727 bits per heavy atom. The molecule has 0 bridgehead atoms. The van der Waals surface area contributed by atoms with Crippen LogP contribution in [-0.2, 0) is 14.4 Å². The molecule has 0 aromatic carbocycles. The molecule has 0 heterocycles. The van der Waals surface area contributed by atoms with E-state index in [1.807, 2.05) is 18.7 Å². The van der Waals surface area contributed by atoms with Crippen molar-refractivity contribution in [1.82, 2.24) is 9.80 Å². The van der Waals surface area contributed by atoms with Gasteiger partial charge in [-0.15, -0.1) is 0 Å². The second-order valence-corrected chi connectivity index (χ2v) is 5.40. The van der Waals surface area contributed by atoms with Gasteiger partial charge in [0.1, 0.15) is 0 Å². The van der Waals surface area contributed by atoms with Crippen LogP contribution in [0.1, 0.15) is 33.1 Å². The lowest BCUT2D eigenvalue weighted by molar-refractivity contribution is -0.139. The third-order valence-electron chi connectivity index (χ3n) is 3.33. The molecule has 0 aromatic heterocycles. The number of rotatable bonds is 13. The first-order chi connectivity index (χ1) is 10.2. The summed E-state index contributed by atoms with van der Waals surface area (Å²) in [5.41, 5.74) is 0. The van der Waals surface area contributed by atoms with Gasteiger partial charge in [0.25, 0.3) is 0 Å². The van der Waals surface area contributed by atoms with Crippen molar-refractivity contribution < 1.29 is 29.7 Å². The number of hydrogen-bond donors (Lipinski definition) is 3. The predicted molar refractivity (Wildman–Crippen MR) is 79.9 cm³/mol. The van der Waals surface area contributed by atoms with E-state index in [9.17, 15) is 14.4 Å². The summed E-state index contributed by atoms with van der Waals surface area (Å²) in [6, 6.07) is 0.167. The highest BCUT2D eigenvalue weighted by Gasteiger charge is 2.15. The minimum atomic E-state index is -0.924. The van der Waals surface area contributed by atoms with Gasteiger partial charge < -0.3 is 20.2 Å². The minimum Gasteiger partial charge on any atom is -0.481 e. The summed E-state index contributed by atoms with van der Waals surface area (Å²) >= 11 is 0. The van der Waals surface area contributed by atoms with Gasteiger partial charge in [0.05, 0.1) is 19.3 Å². The zero-order chi connectivity index (χ0) is 17.1. The largest absolute Gasteiger partial charge is 0.481 e. The van der Waals surface area contributed by atoms with Crippen LogP contribution in [0, 0.1) is 0 Å². The van der Waals surface area contributed by atoms with Crippen molar-refractivity contribution in [2.75, 3.05) is 32.7 Å². The number of hydrogen-bond acceptors (Lipinski definition) is 5. The Morgan fingerprint density at radius 3 is 1.50 bits per heavy atom. The highest BCUT2D eigenvalue weighted by atomic mass is 16.4. The number of carboxylic acids is 3. The molecule has 0 aliphatic rings. The molecular weight excluding hydrogens is 292 g/mol. The fraction of sp³-hybridized carbons (Fsp3) is 0.786. The van der Waals surface area contributed by atoms with E-state index in [-0.39, 0.29) is 38.4 Å². The molecule has 0 radical (unpaired) electrons. The average molecular weight is 318 g/mol. The fourth-order valence-electron chi connectivity index (χ4n) is 1.98. The van der Waals surface area contributed by atoms with Gasteiger partial charge >= 0.3 is 17.9 Å². The molecule has 0 saturated carbocycles. The minimum absolute atomic E-state index is 0.0441. The van der Waals surface area contributed by atoms with Gasteiger partial charge in [-0.25, -0.2) is 0 Å². The second-order valence-electron chi connectivity index (χ2n) is 5.40. The van der Waals surface area contributed by atoms with Crippen LogP contribution in [-0.4, -0.2) is 81.8 Å². The van der Waals surface area contributed by atoms with E-state index in [4.69, 9.17) is 15.3 Å². The van der Waals surface area contributed by atoms with E-state index >= 15 is 0 Å². The van der Waals surface area contributed by atoms with Crippen LogP contribution in [0.5, 0.6) is 0 Å². The van der Waals surface area contributed by atoms with Crippen LogP contribution >= 0.6 is 0 Å². The molecule has 0 atom stereocenters. The number of nitrogens with zero attached hydrogens (tertiary/aromatic N) is 2. The van der Waals surface area contributed by atoms with E-state index in [0.29, 0.717) is 19.6 Å². The SMILES string of the molecule is CC(C)N(CCC(=O)O)CCN(CCC(=O)O)CCC(=O)O. The lowest BCUT2D eigenvalue weighted by Crippen LogP contribution is -2.41. The van der Waals surface area contributed by atoms with Crippen molar-refractivity contribution in [2.24, 2.45) is 0 Å². The summed E-state index contributed by atoms with van der Waals surface area (Å²) in [5.74, 6) is -2.71. The summed E-state index contributed by atoms with van der Waals surface area (Å²) in [5, 5.41) is 26.2. The second kappa shape index (κ2) is 11.0. The number of aliphatic carboxylic acids is 3. The van der Waals surface area contributed by atoms with Crippen molar-refractivity contribution in [1.29, 1.82) is 0 Å². The Bertz CT molecular complexity index is 354. The van der Waals surface area contributed by atoms with Crippen molar-refractivity contribution >= 4 is 17.9 Å². The third-order valence-corrected chi connectivity index (χ3v) is 3.33. The normalized spacial score (nSPS) is 11.3. The summed E-state index contributed by atoms with van der Waals surface area (Å²) in [6.45, 7) is 5.99. The van der Waals surface area contributed by atoms with E-state index in [1.54, 1.807) is 4.90 Å². The summed E-state index contributed by atoms with van der Waals surface area (Å²) in [4.78, 5) is 35.7. The Morgan fingerprint density at radius 2 is 1.14 bits per heavy atom. The van der Waals surface area contributed by atoms with E-state index in [1.165, 1.54) is 0 Å². The standard InChI is InChI=1S/C14H26N2O6/c1-11(2)16(8-5-14(21)22)10-9-15(6-3-12(17)18)7-4-13(19)20/h11H,3-10H2,1-2H3,(H,17,18)(H,19,20)(H,21,22). The Balaban J connectivity index is 4.42. The molecular formula is C14H26N2O6. The quantitative estimate of drug-likeness (QED) is 0.447. The highest BCUT2D eigenvalue weighted by molar-refractivity contribution is 5.67. The zero-order valence-corrected chi connectivity index (χ0v) is 13.2. The summed E-state index contributed by atoms with van der Waals surface area (Å²) in [6.07, 6.45) is -0.0464. The maximum atomic E-state index is 10.7. The first-order valence-electron chi connectivity index (χ1n) is 7.34. The van der Waals surface area contributed by atoms with Crippen LogP contribution < -0.4 is 0 Å². The third kappa shape index (κ3) is 11.0. The lowest BCUT2D eigenvalue weighted by Gasteiger charge is -2.29. The highest BCUT2D eigenvalue weighted by Crippen LogP contribution is 2.02. The molecule has 0 aromatic rings. The van der Waals surface area contributed by atoms with E-state index in [2.05, 4.69) is 0 Å². The molecule has 0 amide bonds. The maximum absolute atomic E-state index is 10.7. The molecule has 0 rings (SSSR count). The van der Waals surface area contributed by atoms with Gasteiger partial charge in [0.2, 0.25) is 0 Å². The van der Waals surface area contributed by atoms with Crippen molar-refractivity contribution in [3.05, 3.63) is 0 Å². The lowest BCUT2D eigenvalue weighted by atomic mass is 10.2. The van der Waals surface area contributed by atoms with Crippen LogP contribution in [0.4, 0.5) is 0 Å². The first-order valence-corrected chi connectivity index (χ1v) is 7.34. The molecule has 0 saturated heterocycles. The summed E-state index contributed by atoms with van der Waals surface area (Å²) < 4.78 is 0. The molecule has 0 spiro atoms. The fourth-order valence-corrected chi connectivity index (χ4v) is 1.98. The molecule has 0 fully saturated rings. The van der Waals surface area contributed by atoms with Crippen molar-refractivity contribution in [2.45, 2.75) is 39.2 Å². The van der Waals surface area contributed by atoms with Crippen LogP contribution in [0.25, 0.3) is 0 Å². The molecule has 3 N–H and O–H groups in total.